The first kappa shape index (κ1) is 16.3. The number of pyridine rings is 1. The highest BCUT2D eigenvalue weighted by Gasteiger charge is 2.13. The molecule has 8 nitrogen and oxygen atoms in total. The molecule has 3 aromatic heterocycles. The molecule has 24 heavy (non-hydrogen) atoms. The van der Waals surface area contributed by atoms with Crippen molar-refractivity contribution in [3.05, 3.63) is 53.5 Å². The predicted octanol–water partition coefficient (Wildman–Crippen LogP) is 1.76. The summed E-state index contributed by atoms with van der Waals surface area (Å²) in [7, 11) is 0. The topological polar surface area (TPSA) is 98.5 Å². The van der Waals surface area contributed by atoms with E-state index in [1.54, 1.807) is 23.3 Å². The number of nitrogens with one attached hydrogen (secondary N) is 1. The Morgan fingerprint density at radius 2 is 2.21 bits per heavy atom. The van der Waals surface area contributed by atoms with E-state index in [0.717, 1.165) is 5.56 Å². The number of amides is 1. The van der Waals surface area contributed by atoms with E-state index in [9.17, 15) is 4.79 Å². The molecule has 0 radical (unpaired) electrons. The van der Waals surface area contributed by atoms with E-state index in [2.05, 4.69) is 30.4 Å². The summed E-state index contributed by atoms with van der Waals surface area (Å²) in [5, 5.41) is 7.46. The molecule has 1 amide bonds. The molecule has 0 unspecified atom stereocenters. The van der Waals surface area contributed by atoms with Gasteiger partial charge < -0.3 is 5.32 Å². The number of carbonyl (C=O) groups excluding carboxylic acids is 1. The predicted molar refractivity (Wildman–Crippen MR) is 89.1 cm³/mol. The van der Waals surface area contributed by atoms with Gasteiger partial charge in [0, 0.05) is 12.7 Å². The van der Waals surface area contributed by atoms with E-state index in [4.69, 9.17) is 11.6 Å². The first-order chi connectivity index (χ1) is 11.7. The number of hydrogen-bond acceptors (Lipinski definition) is 7. The first-order valence-electron chi connectivity index (χ1n) is 6.82. The van der Waals surface area contributed by atoms with Crippen LogP contribution >= 0.6 is 23.4 Å². The van der Waals surface area contributed by atoms with Crippen LogP contribution in [0.25, 0.3) is 5.82 Å². The summed E-state index contributed by atoms with van der Waals surface area (Å²) in [6.45, 7) is 0.304. The van der Waals surface area contributed by atoms with Crippen LogP contribution in [0.4, 0.5) is 0 Å². The number of rotatable bonds is 5. The van der Waals surface area contributed by atoms with Gasteiger partial charge in [0.2, 0.25) is 0 Å². The number of aromatic nitrogens is 6. The fraction of sp³-hybridized carbons (Fsp3) is 0.143. The second-order valence-electron chi connectivity index (χ2n) is 4.60. The van der Waals surface area contributed by atoms with Gasteiger partial charge >= 0.3 is 0 Å². The second-order valence-corrected chi connectivity index (χ2v) is 5.78. The Morgan fingerprint density at radius 1 is 1.33 bits per heavy atom. The lowest BCUT2D eigenvalue weighted by Gasteiger charge is -2.07. The Hall–Kier alpha value is -2.52. The Kier molecular flexibility index (Phi) is 5.02. The standard InChI is InChI=1S/C14H12ClN7OS/c1-24-14-19-6-10(15)12(21-14)13(23)18-5-9-2-3-11(17-4-9)22-8-16-7-20-22/h2-4,6-8H,5H2,1H3,(H,18,23). The van der Waals surface area contributed by atoms with E-state index >= 15 is 0 Å². The number of halogens is 1. The molecule has 0 aliphatic rings. The van der Waals surface area contributed by atoms with Gasteiger partial charge in [-0.3, -0.25) is 4.79 Å². The van der Waals surface area contributed by atoms with Gasteiger partial charge in [-0.25, -0.2) is 24.6 Å². The van der Waals surface area contributed by atoms with Gasteiger partial charge in [-0.15, -0.1) is 0 Å². The molecule has 0 saturated carbocycles. The van der Waals surface area contributed by atoms with Crippen molar-refractivity contribution in [2.45, 2.75) is 11.7 Å². The van der Waals surface area contributed by atoms with E-state index < -0.39 is 0 Å². The van der Waals surface area contributed by atoms with E-state index in [-0.39, 0.29) is 16.6 Å². The minimum atomic E-state index is -0.363. The summed E-state index contributed by atoms with van der Waals surface area (Å²) in [4.78, 5) is 28.5. The molecule has 0 saturated heterocycles. The third-order valence-electron chi connectivity index (χ3n) is 3.04. The highest BCUT2D eigenvalue weighted by Crippen LogP contribution is 2.16. The molecule has 0 aromatic carbocycles. The number of thioether (sulfide) groups is 1. The van der Waals surface area contributed by atoms with Crippen molar-refractivity contribution in [3.63, 3.8) is 0 Å². The maximum absolute atomic E-state index is 12.2. The van der Waals surface area contributed by atoms with Gasteiger partial charge in [0.15, 0.2) is 16.7 Å². The van der Waals surface area contributed by atoms with Gasteiger partial charge in [0.1, 0.15) is 12.7 Å². The van der Waals surface area contributed by atoms with Gasteiger partial charge in [0.25, 0.3) is 5.91 Å². The average Bonchev–Trinajstić information content (AvgIpc) is 3.15. The van der Waals surface area contributed by atoms with Crippen LogP contribution in [0.1, 0.15) is 16.1 Å². The first-order valence-corrected chi connectivity index (χ1v) is 8.42. The Balaban J connectivity index is 1.66. The zero-order chi connectivity index (χ0) is 16.9. The normalized spacial score (nSPS) is 10.6. The van der Waals surface area contributed by atoms with Crippen molar-refractivity contribution >= 4 is 29.3 Å². The maximum atomic E-state index is 12.2. The summed E-state index contributed by atoms with van der Waals surface area (Å²) >= 11 is 7.32. The molecule has 122 valence electrons. The van der Waals surface area contributed by atoms with Crippen LogP contribution < -0.4 is 5.32 Å². The van der Waals surface area contributed by atoms with Crippen LogP contribution in [0, 0.1) is 0 Å². The number of hydrogen-bond donors (Lipinski definition) is 1. The minimum Gasteiger partial charge on any atom is -0.347 e. The van der Waals surface area contributed by atoms with Gasteiger partial charge in [0.05, 0.1) is 11.2 Å². The summed E-state index contributed by atoms with van der Waals surface area (Å²) in [5.74, 6) is 0.282. The fourth-order valence-corrected chi connectivity index (χ4v) is 2.38. The van der Waals surface area contributed by atoms with E-state index in [1.165, 1.54) is 24.3 Å². The molecule has 3 rings (SSSR count). The molecule has 0 fully saturated rings. The molecule has 0 spiro atoms. The maximum Gasteiger partial charge on any atom is 0.271 e. The molecule has 0 aliphatic carbocycles. The average molecular weight is 362 g/mol. The molecule has 0 atom stereocenters. The smallest absolute Gasteiger partial charge is 0.271 e. The largest absolute Gasteiger partial charge is 0.347 e. The van der Waals surface area contributed by atoms with Gasteiger partial charge in [-0.05, 0) is 17.9 Å². The molecule has 1 N–H and O–H groups in total. The summed E-state index contributed by atoms with van der Waals surface area (Å²) in [6.07, 6.45) is 7.90. The summed E-state index contributed by atoms with van der Waals surface area (Å²) in [6, 6.07) is 3.64. The van der Waals surface area contributed by atoms with Gasteiger partial charge in [-0.1, -0.05) is 29.4 Å². The zero-order valence-electron chi connectivity index (χ0n) is 12.5. The fourth-order valence-electron chi connectivity index (χ4n) is 1.86. The van der Waals surface area contributed by atoms with Crippen molar-refractivity contribution in [1.29, 1.82) is 0 Å². The molecular weight excluding hydrogens is 350 g/mol. The lowest BCUT2D eigenvalue weighted by molar-refractivity contribution is 0.0945. The molecule has 3 aromatic rings. The monoisotopic (exact) mass is 361 g/mol. The quantitative estimate of drug-likeness (QED) is 0.546. The Bertz CT molecular complexity index is 839. The zero-order valence-corrected chi connectivity index (χ0v) is 14.1. The Labute approximate surface area is 146 Å². The highest BCUT2D eigenvalue weighted by molar-refractivity contribution is 7.98. The Morgan fingerprint density at radius 3 is 2.88 bits per heavy atom. The highest BCUT2D eigenvalue weighted by atomic mass is 35.5. The molecule has 3 heterocycles. The lowest BCUT2D eigenvalue weighted by atomic mass is 10.2. The van der Waals surface area contributed by atoms with Crippen LogP contribution in [0.3, 0.4) is 0 Å². The van der Waals surface area contributed by atoms with Crippen molar-refractivity contribution in [2.24, 2.45) is 0 Å². The van der Waals surface area contributed by atoms with Crippen LogP contribution in [-0.4, -0.2) is 41.9 Å². The number of carbonyl (C=O) groups is 1. The van der Waals surface area contributed by atoms with E-state index in [0.29, 0.717) is 17.5 Å². The summed E-state index contributed by atoms with van der Waals surface area (Å²) < 4.78 is 1.55. The second kappa shape index (κ2) is 7.37. The van der Waals surface area contributed by atoms with Crippen LogP contribution in [0.2, 0.25) is 5.02 Å². The van der Waals surface area contributed by atoms with Crippen molar-refractivity contribution < 1.29 is 4.79 Å². The molecular formula is C14H12ClN7OS. The summed E-state index contributed by atoms with van der Waals surface area (Å²) in [5.41, 5.74) is 0.991. The van der Waals surface area contributed by atoms with Crippen molar-refractivity contribution in [3.8, 4) is 5.82 Å². The van der Waals surface area contributed by atoms with E-state index in [1.807, 2.05) is 12.3 Å². The molecule has 0 bridgehead atoms. The minimum absolute atomic E-state index is 0.156. The van der Waals surface area contributed by atoms with Crippen LogP contribution in [-0.2, 0) is 6.54 Å². The van der Waals surface area contributed by atoms with Gasteiger partial charge in [-0.2, -0.15) is 5.10 Å². The molecule has 0 aliphatic heterocycles. The van der Waals surface area contributed by atoms with Crippen LogP contribution in [0.5, 0.6) is 0 Å². The third-order valence-corrected chi connectivity index (χ3v) is 3.87. The third kappa shape index (κ3) is 3.69. The van der Waals surface area contributed by atoms with Crippen molar-refractivity contribution in [2.75, 3.05) is 6.26 Å². The lowest BCUT2D eigenvalue weighted by Crippen LogP contribution is -2.24. The SMILES string of the molecule is CSc1ncc(Cl)c(C(=O)NCc2ccc(-n3cncn3)nc2)n1. The molecule has 10 heteroatoms. The van der Waals surface area contributed by atoms with Crippen LogP contribution in [0.15, 0.2) is 42.3 Å². The number of nitrogens with zero attached hydrogens (tertiary/aromatic N) is 6. The van der Waals surface area contributed by atoms with Crippen molar-refractivity contribution in [1.82, 2.24) is 35.0 Å².